The Kier molecular flexibility index (Phi) is 7.67. The lowest BCUT2D eigenvalue weighted by molar-refractivity contribution is -0.117. The molecule has 0 saturated heterocycles. The van der Waals surface area contributed by atoms with E-state index in [1.165, 1.54) is 0 Å². The zero-order valence-electron chi connectivity index (χ0n) is 17.9. The van der Waals surface area contributed by atoms with Crippen LogP contribution < -0.4 is 10.7 Å². The minimum absolute atomic E-state index is 0.101. The predicted octanol–water partition coefficient (Wildman–Crippen LogP) is 3.96. The van der Waals surface area contributed by atoms with Gasteiger partial charge in [-0.25, -0.2) is 5.43 Å². The zero-order chi connectivity index (χ0) is 22.9. The van der Waals surface area contributed by atoms with Gasteiger partial charge in [-0.3, -0.25) is 9.59 Å². The van der Waals surface area contributed by atoms with Crippen molar-refractivity contribution >= 4 is 17.5 Å². The summed E-state index contributed by atoms with van der Waals surface area (Å²) < 4.78 is 0. The van der Waals surface area contributed by atoms with Gasteiger partial charge in [0.2, 0.25) is 0 Å². The number of hydrogen-bond acceptors (Lipinski definition) is 4. The van der Waals surface area contributed by atoms with Crippen molar-refractivity contribution in [2.75, 3.05) is 0 Å². The first-order valence-corrected chi connectivity index (χ1v) is 10.2. The Morgan fingerprint density at radius 1 is 0.781 bits per heavy atom. The fourth-order valence-electron chi connectivity index (χ4n) is 3.04. The molecule has 1 atom stereocenters. The minimum atomic E-state index is -1.05. The number of hydrazone groups is 1. The summed E-state index contributed by atoms with van der Waals surface area (Å²) in [6.07, 6.45) is -1.05. The first-order valence-electron chi connectivity index (χ1n) is 10.2. The Balaban J connectivity index is 1.85. The Morgan fingerprint density at radius 3 is 1.81 bits per heavy atom. The first kappa shape index (κ1) is 22.7. The summed E-state index contributed by atoms with van der Waals surface area (Å²) in [5.74, 6) is -0.975. The van der Waals surface area contributed by atoms with Crippen molar-refractivity contribution in [3.05, 3.63) is 119 Å². The van der Waals surface area contributed by atoms with Gasteiger partial charge in [0.25, 0.3) is 11.8 Å². The predicted molar refractivity (Wildman–Crippen MR) is 125 cm³/mol. The molecule has 0 saturated carbocycles. The lowest BCUT2D eigenvalue weighted by Crippen LogP contribution is -2.34. The molecule has 0 bridgehead atoms. The average molecular weight is 428 g/mol. The van der Waals surface area contributed by atoms with Crippen LogP contribution in [0.2, 0.25) is 0 Å². The summed E-state index contributed by atoms with van der Waals surface area (Å²) >= 11 is 0. The van der Waals surface area contributed by atoms with Gasteiger partial charge in [0.15, 0.2) is 0 Å². The molecule has 3 aromatic rings. The van der Waals surface area contributed by atoms with Crippen molar-refractivity contribution in [3.8, 4) is 0 Å². The van der Waals surface area contributed by atoms with Crippen LogP contribution in [0.25, 0.3) is 0 Å². The summed E-state index contributed by atoms with van der Waals surface area (Å²) in [5.41, 5.74) is 5.23. The fraction of sp³-hybridized carbons (Fsp3) is 0.115. The number of carbonyl (C=O) groups excluding carboxylic acids is 2. The van der Waals surface area contributed by atoms with E-state index in [1.807, 2.05) is 42.5 Å². The van der Waals surface area contributed by atoms with E-state index in [2.05, 4.69) is 15.8 Å². The highest BCUT2D eigenvalue weighted by atomic mass is 16.3. The van der Waals surface area contributed by atoms with E-state index in [0.29, 0.717) is 22.3 Å². The summed E-state index contributed by atoms with van der Waals surface area (Å²) in [6.45, 7) is 3.45. The van der Waals surface area contributed by atoms with E-state index in [9.17, 15) is 14.7 Å². The molecule has 2 amide bonds. The third-order valence-corrected chi connectivity index (χ3v) is 4.72. The zero-order valence-corrected chi connectivity index (χ0v) is 17.9. The highest BCUT2D eigenvalue weighted by molar-refractivity contribution is 6.06. The van der Waals surface area contributed by atoms with Crippen LogP contribution in [-0.4, -0.2) is 22.6 Å². The highest BCUT2D eigenvalue weighted by Gasteiger charge is 2.20. The number of aliphatic hydroxyl groups excluding tert-OH is 1. The number of hydrogen-bond donors (Lipinski definition) is 3. The fourth-order valence-corrected chi connectivity index (χ4v) is 3.04. The molecule has 3 aromatic carbocycles. The molecule has 32 heavy (non-hydrogen) atoms. The molecule has 3 rings (SSSR count). The van der Waals surface area contributed by atoms with Crippen molar-refractivity contribution in [2.45, 2.75) is 20.0 Å². The number of benzene rings is 3. The standard InChI is InChI=1S/C26H25N3O3/c1-18(2)22(27-25(31)21-16-10-5-11-17-21)26(32)29-28-23(19-12-6-3-7-13-19)24(30)20-14-8-4-9-15-20/h3-17,24,30H,1-2H3,(H,27,31)(H,29,32)/b28-23-. The smallest absolute Gasteiger partial charge is 0.287 e. The third-order valence-electron chi connectivity index (χ3n) is 4.72. The van der Waals surface area contributed by atoms with Crippen LogP contribution in [0.4, 0.5) is 0 Å². The number of nitrogens with zero attached hydrogens (tertiary/aromatic N) is 1. The molecule has 0 radical (unpaired) electrons. The molecule has 6 nitrogen and oxygen atoms in total. The van der Waals surface area contributed by atoms with E-state index in [-0.39, 0.29) is 11.4 Å². The van der Waals surface area contributed by atoms with Gasteiger partial charge in [0, 0.05) is 11.1 Å². The van der Waals surface area contributed by atoms with Gasteiger partial charge in [-0.2, -0.15) is 5.10 Å². The molecule has 1 unspecified atom stereocenters. The molecule has 3 N–H and O–H groups in total. The van der Waals surface area contributed by atoms with Gasteiger partial charge in [-0.15, -0.1) is 0 Å². The Bertz CT molecular complexity index is 1120. The normalized spacial score (nSPS) is 11.9. The van der Waals surface area contributed by atoms with E-state index in [1.54, 1.807) is 62.4 Å². The molecule has 0 spiro atoms. The highest BCUT2D eigenvalue weighted by Crippen LogP contribution is 2.19. The molecule has 162 valence electrons. The number of rotatable bonds is 7. The maximum atomic E-state index is 12.9. The van der Waals surface area contributed by atoms with E-state index in [4.69, 9.17) is 0 Å². The van der Waals surface area contributed by atoms with Crippen LogP contribution >= 0.6 is 0 Å². The molecule has 0 aliphatic rings. The van der Waals surface area contributed by atoms with Gasteiger partial charge in [0.1, 0.15) is 17.5 Å². The quantitative estimate of drug-likeness (QED) is 0.303. The third kappa shape index (κ3) is 5.77. The summed E-state index contributed by atoms with van der Waals surface area (Å²) in [4.78, 5) is 25.4. The van der Waals surface area contributed by atoms with Crippen LogP contribution in [0.5, 0.6) is 0 Å². The topological polar surface area (TPSA) is 90.8 Å². The maximum Gasteiger partial charge on any atom is 0.287 e. The summed E-state index contributed by atoms with van der Waals surface area (Å²) in [7, 11) is 0. The number of aliphatic hydroxyl groups is 1. The average Bonchev–Trinajstić information content (AvgIpc) is 2.83. The Labute approximate surface area is 187 Å². The maximum absolute atomic E-state index is 12.9. The molecule has 0 aliphatic heterocycles. The van der Waals surface area contributed by atoms with Crippen molar-refractivity contribution in [1.29, 1.82) is 0 Å². The van der Waals surface area contributed by atoms with Gasteiger partial charge in [-0.05, 0) is 37.1 Å². The van der Waals surface area contributed by atoms with Crippen molar-refractivity contribution in [2.24, 2.45) is 5.10 Å². The first-order chi connectivity index (χ1) is 15.5. The van der Waals surface area contributed by atoms with Gasteiger partial charge in [0.05, 0.1) is 0 Å². The van der Waals surface area contributed by atoms with Gasteiger partial charge in [-0.1, -0.05) is 78.9 Å². The van der Waals surface area contributed by atoms with Gasteiger partial charge >= 0.3 is 0 Å². The van der Waals surface area contributed by atoms with Crippen molar-refractivity contribution in [3.63, 3.8) is 0 Å². The summed E-state index contributed by atoms with van der Waals surface area (Å²) in [6, 6.07) is 26.8. The molecular weight excluding hydrogens is 402 g/mol. The van der Waals surface area contributed by atoms with Crippen LogP contribution in [0.3, 0.4) is 0 Å². The SMILES string of the molecule is CC(C)=C(NC(=O)c1ccccc1)C(=O)N/N=C(/c1ccccc1)C(O)c1ccccc1. The van der Waals surface area contributed by atoms with E-state index in [0.717, 1.165) is 0 Å². The minimum Gasteiger partial charge on any atom is -0.382 e. The molecular formula is C26H25N3O3. The van der Waals surface area contributed by atoms with Crippen LogP contribution in [0.1, 0.15) is 41.4 Å². The number of amides is 2. The second-order valence-electron chi connectivity index (χ2n) is 7.31. The van der Waals surface area contributed by atoms with Crippen LogP contribution in [-0.2, 0) is 4.79 Å². The molecule has 6 heteroatoms. The van der Waals surface area contributed by atoms with Crippen molar-refractivity contribution in [1.82, 2.24) is 10.7 Å². The number of nitrogens with one attached hydrogen (secondary N) is 2. The lowest BCUT2D eigenvalue weighted by Gasteiger charge is -2.16. The monoisotopic (exact) mass is 427 g/mol. The number of allylic oxidation sites excluding steroid dienone is 1. The van der Waals surface area contributed by atoms with Crippen LogP contribution in [0.15, 0.2) is 107 Å². The molecule has 0 aliphatic carbocycles. The molecule has 0 fully saturated rings. The van der Waals surface area contributed by atoms with Gasteiger partial charge < -0.3 is 10.4 Å². The summed E-state index contributed by atoms with van der Waals surface area (Å²) in [5, 5.41) is 17.8. The Morgan fingerprint density at radius 2 is 1.28 bits per heavy atom. The molecule has 0 aromatic heterocycles. The second kappa shape index (κ2) is 10.8. The lowest BCUT2D eigenvalue weighted by atomic mass is 9.99. The Hall–Kier alpha value is -4.03. The second-order valence-corrected chi connectivity index (χ2v) is 7.31. The molecule has 0 heterocycles. The van der Waals surface area contributed by atoms with Crippen molar-refractivity contribution < 1.29 is 14.7 Å². The van der Waals surface area contributed by atoms with Crippen LogP contribution in [0, 0.1) is 0 Å². The number of carbonyl (C=O) groups is 2. The largest absolute Gasteiger partial charge is 0.382 e. The van der Waals surface area contributed by atoms with E-state index >= 15 is 0 Å². The van der Waals surface area contributed by atoms with E-state index < -0.39 is 17.9 Å².